The van der Waals surface area contributed by atoms with Crippen LogP contribution >= 0.6 is 11.6 Å². The summed E-state index contributed by atoms with van der Waals surface area (Å²) in [5.41, 5.74) is 2.16. The van der Waals surface area contributed by atoms with Gasteiger partial charge in [-0.05, 0) is 42.0 Å². The number of benzene rings is 1. The summed E-state index contributed by atoms with van der Waals surface area (Å²) in [6.45, 7) is 1.80. The van der Waals surface area contributed by atoms with Crippen molar-refractivity contribution in [2.75, 3.05) is 19.6 Å². The van der Waals surface area contributed by atoms with Gasteiger partial charge in [0.1, 0.15) is 5.56 Å². The van der Waals surface area contributed by atoms with E-state index in [0.29, 0.717) is 30.4 Å². The Hall–Kier alpha value is -2.96. The fourth-order valence-corrected chi connectivity index (χ4v) is 3.65. The molecule has 0 spiro atoms. The molecule has 142 valence electrons. The molecule has 0 saturated carbocycles. The van der Waals surface area contributed by atoms with E-state index in [1.54, 1.807) is 47.6 Å². The van der Waals surface area contributed by atoms with Crippen LogP contribution in [0.5, 0.6) is 0 Å². The highest BCUT2D eigenvalue weighted by Gasteiger charge is 2.30. The maximum Gasteiger partial charge on any atom is 0.261 e. The molecule has 3 heterocycles. The zero-order valence-electron chi connectivity index (χ0n) is 15.1. The Morgan fingerprint density at radius 2 is 1.96 bits per heavy atom. The highest BCUT2D eigenvalue weighted by molar-refractivity contribution is 6.30. The molecular weight excluding hydrogens is 376 g/mol. The molecule has 6 nitrogen and oxygen atoms in total. The number of hydrogen-bond acceptors (Lipinski definition) is 4. The van der Waals surface area contributed by atoms with Gasteiger partial charge in [0.25, 0.3) is 11.5 Å². The number of rotatable bonds is 3. The molecule has 1 amide bonds. The van der Waals surface area contributed by atoms with Crippen molar-refractivity contribution in [3.05, 3.63) is 87.4 Å². The zero-order valence-corrected chi connectivity index (χ0v) is 15.8. The van der Waals surface area contributed by atoms with Gasteiger partial charge < -0.3 is 15.2 Å². The molecule has 2 N–H and O–H groups in total. The third-order valence-corrected chi connectivity index (χ3v) is 5.10. The Labute approximate surface area is 167 Å². The van der Waals surface area contributed by atoms with Gasteiger partial charge >= 0.3 is 0 Å². The van der Waals surface area contributed by atoms with Gasteiger partial charge in [-0.25, -0.2) is 0 Å². The highest BCUT2D eigenvalue weighted by Crippen LogP contribution is 2.26. The lowest BCUT2D eigenvalue weighted by Gasteiger charge is -2.36. The van der Waals surface area contributed by atoms with E-state index in [2.05, 4.69) is 15.3 Å². The predicted octanol–water partition coefficient (Wildman–Crippen LogP) is 2.88. The number of nitrogens with zero attached hydrogens (tertiary/aromatic N) is 2. The molecular formula is C21H19ClN4O2. The van der Waals surface area contributed by atoms with E-state index < -0.39 is 5.56 Å². The van der Waals surface area contributed by atoms with Gasteiger partial charge in [0.15, 0.2) is 0 Å². The first-order chi connectivity index (χ1) is 13.6. The second kappa shape index (κ2) is 7.96. The Kier molecular flexibility index (Phi) is 5.23. The Balaban J connectivity index is 1.65. The highest BCUT2D eigenvalue weighted by atomic mass is 35.5. The summed E-state index contributed by atoms with van der Waals surface area (Å²) in [6, 6.07) is 14.2. The number of nitrogens with one attached hydrogen (secondary N) is 2. The summed E-state index contributed by atoms with van der Waals surface area (Å²) >= 11 is 6.13. The molecule has 1 aromatic carbocycles. The number of halogens is 1. The number of hydrogen-bond donors (Lipinski definition) is 2. The maximum atomic E-state index is 13.2. The van der Waals surface area contributed by atoms with E-state index in [1.165, 1.54) is 0 Å². The molecule has 7 heteroatoms. The third kappa shape index (κ3) is 3.69. The molecule has 28 heavy (non-hydrogen) atoms. The summed E-state index contributed by atoms with van der Waals surface area (Å²) in [7, 11) is 0. The summed E-state index contributed by atoms with van der Waals surface area (Å²) in [4.78, 5) is 34.3. The first-order valence-corrected chi connectivity index (χ1v) is 9.42. The molecule has 1 aliphatic rings. The lowest BCUT2D eigenvalue weighted by atomic mass is 10.0. The van der Waals surface area contributed by atoms with E-state index in [-0.39, 0.29) is 17.5 Å². The Morgan fingerprint density at radius 1 is 1.14 bits per heavy atom. The number of aromatic amines is 1. The topological polar surface area (TPSA) is 78.1 Å². The van der Waals surface area contributed by atoms with Gasteiger partial charge in [-0.15, -0.1) is 0 Å². The van der Waals surface area contributed by atoms with E-state index in [9.17, 15) is 9.59 Å². The Morgan fingerprint density at radius 3 is 2.71 bits per heavy atom. The number of piperazine rings is 1. The van der Waals surface area contributed by atoms with E-state index in [1.807, 2.05) is 18.2 Å². The van der Waals surface area contributed by atoms with E-state index in [0.717, 1.165) is 11.1 Å². The second-order valence-corrected chi connectivity index (χ2v) is 7.06. The van der Waals surface area contributed by atoms with Crippen LogP contribution in [-0.4, -0.2) is 40.4 Å². The molecule has 1 fully saturated rings. The lowest BCUT2D eigenvalue weighted by molar-refractivity contribution is 0.0632. The van der Waals surface area contributed by atoms with Crippen LogP contribution in [-0.2, 0) is 0 Å². The monoisotopic (exact) mass is 394 g/mol. The molecule has 3 aromatic rings. The van der Waals surface area contributed by atoms with Gasteiger partial charge in [0, 0.05) is 48.3 Å². The number of carbonyl (C=O) groups is 1. The largest absolute Gasteiger partial charge is 0.329 e. The average Bonchev–Trinajstić information content (AvgIpc) is 2.74. The summed E-state index contributed by atoms with van der Waals surface area (Å²) in [5, 5.41) is 3.93. The summed E-state index contributed by atoms with van der Waals surface area (Å²) < 4.78 is 0. The van der Waals surface area contributed by atoms with Crippen LogP contribution in [0.4, 0.5) is 0 Å². The van der Waals surface area contributed by atoms with Crippen molar-refractivity contribution in [3.63, 3.8) is 0 Å². The van der Waals surface area contributed by atoms with E-state index in [4.69, 9.17) is 11.6 Å². The predicted molar refractivity (Wildman–Crippen MR) is 108 cm³/mol. The molecule has 1 unspecified atom stereocenters. The minimum Gasteiger partial charge on any atom is -0.329 e. The standard InChI is InChI=1S/C21H19ClN4O2/c22-16-3-1-2-15(12-16)19-13-24-10-11-26(19)21(28)17-4-5-18(25-20(17)27)14-6-8-23-9-7-14/h1-9,12,19,24H,10-11,13H2,(H,25,27). The van der Waals surface area contributed by atoms with Gasteiger partial charge in [-0.1, -0.05) is 23.7 Å². The van der Waals surface area contributed by atoms with Gasteiger partial charge in [0.05, 0.1) is 6.04 Å². The molecule has 2 aromatic heterocycles. The first kappa shape index (κ1) is 18.4. The van der Waals surface area contributed by atoms with Crippen LogP contribution in [0.3, 0.4) is 0 Å². The van der Waals surface area contributed by atoms with Crippen molar-refractivity contribution < 1.29 is 4.79 Å². The minimum atomic E-state index is -0.400. The van der Waals surface area contributed by atoms with Crippen molar-refractivity contribution in [1.82, 2.24) is 20.2 Å². The van der Waals surface area contributed by atoms with Gasteiger partial charge in [-0.2, -0.15) is 0 Å². The average molecular weight is 395 g/mol. The second-order valence-electron chi connectivity index (χ2n) is 6.62. The number of H-pyrrole nitrogens is 1. The van der Waals surface area contributed by atoms with Crippen molar-refractivity contribution in [3.8, 4) is 11.3 Å². The number of amides is 1. The molecule has 0 bridgehead atoms. The molecule has 1 atom stereocenters. The van der Waals surface area contributed by atoms with Crippen molar-refractivity contribution in [2.45, 2.75) is 6.04 Å². The Bertz CT molecular complexity index is 1050. The lowest BCUT2D eigenvalue weighted by Crippen LogP contribution is -2.49. The normalized spacial score (nSPS) is 16.8. The molecule has 4 rings (SSSR count). The van der Waals surface area contributed by atoms with Gasteiger partial charge in [-0.3, -0.25) is 14.6 Å². The number of aromatic nitrogens is 2. The van der Waals surface area contributed by atoms with Crippen molar-refractivity contribution in [1.29, 1.82) is 0 Å². The summed E-state index contributed by atoms with van der Waals surface area (Å²) in [6.07, 6.45) is 3.31. The molecule has 1 aliphatic heterocycles. The summed E-state index contributed by atoms with van der Waals surface area (Å²) in [5.74, 6) is -0.283. The minimum absolute atomic E-state index is 0.131. The fourth-order valence-electron chi connectivity index (χ4n) is 3.46. The molecule has 0 aliphatic carbocycles. The van der Waals surface area contributed by atoms with Crippen LogP contribution in [0, 0.1) is 0 Å². The van der Waals surface area contributed by atoms with E-state index >= 15 is 0 Å². The van der Waals surface area contributed by atoms with Crippen LogP contribution in [0.15, 0.2) is 65.7 Å². The van der Waals surface area contributed by atoms with Crippen LogP contribution in [0.2, 0.25) is 5.02 Å². The van der Waals surface area contributed by atoms with Gasteiger partial charge in [0.2, 0.25) is 0 Å². The van der Waals surface area contributed by atoms with Crippen LogP contribution in [0.25, 0.3) is 11.3 Å². The first-order valence-electron chi connectivity index (χ1n) is 9.04. The zero-order chi connectivity index (χ0) is 19.5. The van der Waals surface area contributed by atoms with Crippen LogP contribution in [0.1, 0.15) is 22.0 Å². The smallest absolute Gasteiger partial charge is 0.261 e. The fraction of sp³-hybridized carbons (Fsp3) is 0.190. The maximum absolute atomic E-state index is 13.2. The molecule has 1 saturated heterocycles. The van der Waals surface area contributed by atoms with Crippen molar-refractivity contribution in [2.24, 2.45) is 0 Å². The molecule has 0 radical (unpaired) electrons. The SMILES string of the molecule is O=C(c1ccc(-c2ccncc2)[nH]c1=O)N1CCNCC1c1cccc(Cl)c1. The number of carbonyl (C=O) groups excluding carboxylic acids is 1. The van der Waals surface area contributed by atoms with Crippen molar-refractivity contribution >= 4 is 17.5 Å². The third-order valence-electron chi connectivity index (χ3n) is 4.87. The quantitative estimate of drug-likeness (QED) is 0.716. The number of pyridine rings is 2. The van der Waals surface area contributed by atoms with Crippen LogP contribution < -0.4 is 10.9 Å².